The van der Waals surface area contributed by atoms with Gasteiger partial charge < -0.3 is 5.73 Å². The lowest BCUT2D eigenvalue weighted by Crippen LogP contribution is -2.33. The second-order valence-corrected chi connectivity index (χ2v) is 6.43. The van der Waals surface area contributed by atoms with E-state index in [1.165, 1.54) is 70.6 Å². The van der Waals surface area contributed by atoms with Crippen molar-refractivity contribution >= 4 is 6.21 Å². The SMILES string of the molecule is CCCCCCCCCCCC/C=C/C1N=CCN1CCN. The monoisotopic (exact) mass is 307 g/mol. The topological polar surface area (TPSA) is 41.6 Å². The van der Waals surface area contributed by atoms with Crippen LogP contribution in [0.15, 0.2) is 17.1 Å². The Balaban J connectivity index is 1.88. The van der Waals surface area contributed by atoms with Crippen molar-refractivity contribution in [2.45, 2.75) is 83.7 Å². The minimum Gasteiger partial charge on any atom is -0.329 e. The molecule has 0 saturated heterocycles. The van der Waals surface area contributed by atoms with Gasteiger partial charge >= 0.3 is 0 Å². The molecule has 1 unspecified atom stereocenters. The maximum atomic E-state index is 5.62. The Morgan fingerprint density at radius 1 is 1.05 bits per heavy atom. The minimum atomic E-state index is 0.242. The smallest absolute Gasteiger partial charge is 0.121 e. The summed E-state index contributed by atoms with van der Waals surface area (Å²) >= 11 is 0. The Hall–Kier alpha value is -0.670. The Bertz CT molecular complexity index is 299. The second-order valence-electron chi connectivity index (χ2n) is 6.43. The number of hydrogen-bond donors (Lipinski definition) is 1. The fourth-order valence-corrected chi connectivity index (χ4v) is 2.99. The van der Waals surface area contributed by atoms with Crippen LogP contribution in [-0.4, -0.2) is 36.9 Å². The Morgan fingerprint density at radius 3 is 2.32 bits per heavy atom. The zero-order valence-electron chi connectivity index (χ0n) is 14.7. The third-order valence-electron chi connectivity index (χ3n) is 4.40. The van der Waals surface area contributed by atoms with Crippen molar-refractivity contribution in [3.8, 4) is 0 Å². The van der Waals surface area contributed by atoms with Crippen LogP contribution >= 0.6 is 0 Å². The molecule has 1 heterocycles. The maximum Gasteiger partial charge on any atom is 0.121 e. The van der Waals surface area contributed by atoms with Crippen molar-refractivity contribution in [1.29, 1.82) is 0 Å². The van der Waals surface area contributed by atoms with Crippen molar-refractivity contribution in [2.75, 3.05) is 19.6 Å². The predicted octanol–water partition coefficient (Wildman–Crippen LogP) is 4.52. The van der Waals surface area contributed by atoms with Crippen LogP contribution in [0, 0.1) is 0 Å². The second kappa shape index (κ2) is 14.0. The van der Waals surface area contributed by atoms with Crippen LogP contribution in [0.4, 0.5) is 0 Å². The quantitative estimate of drug-likeness (QED) is 0.378. The number of allylic oxidation sites excluding steroid dienone is 1. The highest BCUT2D eigenvalue weighted by molar-refractivity contribution is 5.62. The summed E-state index contributed by atoms with van der Waals surface area (Å²) < 4.78 is 0. The molecule has 22 heavy (non-hydrogen) atoms. The fourth-order valence-electron chi connectivity index (χ4n) is 2.99. The number of hydrogen-bond acceptors (Lipinski definition) is 3. The average Bonchev–Trinajstić information content (AvgIpc) is 2.96. The fraction of sp³-hybridized carbons (Fsp3) is 0.842. The van der Waals surface area contributed by atoms with Crippen molar-refractivity contribution in [3.63, 3.8) is 0 Å². The van der Waals surface area contributed by atoms with Crippen LogP contribution in [-0.2, 0) is 0 Å². The van der Waals surface area contributed by atoms with E-state index in [2.05, 4.69) is 29.0 Å². The molecule has 0 spiro atoms. The van der Waals surface area contributed by atoms with E-state index in [1.807, 2.05) is 6.21 Å². The third-order valence-corrected chi connectivity index (χ3v) is 4.40. The summed E-state index contributed by atoms with van der Waals surface area (Å²) in [5.41, 5.74) is 5.62. The first-order valence-corrected chi connectivity index (χ1v) is 9.51. The summed E-state index contributed by atoms with van der Waals surface area (Å²) in [6.07, 6.45) is 22.0. The summed E-state index contributed by atoms with van der Waals surface area (Å²) in [5.74, 6) is 0. The van der Waals surface area contributed by atoms with Crippen molar-refractivity contribution in [2.24, 2.45) is 10.7 Å². The molecule has 3 heteroatoms. The first-order chi connectivity index (χ1) is 10.9. The van der Waals surface area contributed by atoms with Gasteiger partial charge in [0.15, 0.2) is 0 Å². The first-order valence-electron chi connectivity index (χ1n) is 9.51. The van der Waals surface area contributed by atoms with Gasteiger partial charge in [0.25, 0.3) is 0 Å². The molecule has 0 bridgehead atoms. The molecule has 0 fully saturated rings. The molecule has 1 rings (SSSR count). The maximum absolute atomic E-state index is 5.62. The molecule has 1 atom stereocenters. The molecule has 0 saturated carbocycles. The molecule has 1 aliphatic heterocycles. The van der Waals surface area contributed by atoms with Gasteiger partial charge in [0.05, 0.1) is 0 Å². The number of nitrogens with two attached hydrogens (primary N) is 1. The summed E-state index contributed by atoms with van der Waals surface area (Å²) in [4.78, 5) is 6.80. The summed E-state index contributed by atoms with van der Waals surface area (Å²) in [5, 5.41) is 0. The number of aliphatic imine (C=N–C) groups is 1. The van der Waals surface area contributed by atoms with Gasteiger partial charge in [-0.25, -0.2) is 0 Å². The number of unbranched alkanes of at least 4 members (excludes halogenated alkanes) is 10. The molecule has 0 aliphatic carbocycles. The van der Waals surface area contributed by atoms with Crippen LogP contribution in [0.25, 0.3) is 0 Å². The van der Waals surface area contributed by atoms with Gasteiger partial charge in [-0.3, -0.25) is 9.89 Å². The number of nitrogens with zero attached hydrogens (tertiary/aromatic N) is 2. The normalized spacial score (nSPS) is 18.7. The lowest BCUT2D eigenvalue weighted by Gasteiger charge is -2.18. The van der Waals surface area contributed by atoms with Crippen LogP contribution in [0.5, 0.6) is 0 Å². The summed E-state index contributed by atoms with van der Waals surface area (Å²) in [6.45, 7) is 4.88. The molecular weight excluding hydrogens is 270 g/mol. The van der Waals surface area contributed by atoms with Gasteiger partial charge in [-0.15, -0.1) is 0 Å². The standard InChI is InChI=1S/C19H37N3/c1-2-3-4-5-6-7-8-9-10-11-12-13-14-19-21-16-18-22(19)17-15-20/h13-14,16,19H,2-12,15,17-18,20H2,1H3/b14-13+. The molecule has 0 amide bonds. The van der Waals surface area contributed by atoms with Crippen LogP contribution in [0.1, 0.15) is 77.6 Å². The van der Waals surface area contributed by atoms with Crippen LogP contribution in [0.3, 0.4) is 0 Å². The van der Waals surface area contributed by atoms with Gasteiger partial charge in [0, 0.05) is 25.8 Å². The van der Waals surface area contributed by atoms with Gasteiger partial charge in [-0.2, -0.15) is 0 Å². The van der Waals surface area contributed by atoms with E-state index < -0.39 is 0 Å². The number of rotatable bonds is 14. The van der Waals surface area contributed by atoms with Gasteiger partial charge in [0.1, 0.15) is 6.17 Å². The Morgan fingerprint density at radius 2 is 1.68 bits per heavy atom. The van der Waals surface area contributed by atoms with Crippen molar-refractivity contribution in [3.05, 3.63) is 12.2 Å². The van der Waals surface area contributed by atoms with E-state index in [4.69, 9.17) is 5.73 Å². The lowest BCUT2D eigenvalue weighted by molar-refractivity contribution is 0.297. The lowest BCUT2D eigenvalue weighted by atomic mass is 10.1. The Labute approximate surface area is 138 Å². The highest BCUT2D eigenvalue weighted by Gasteiger charge is 2.16. The van der Waals surface area contributed by atoms with E-state index in [-0.39, 0.29) is 6.17 Å². The van der Waals surface area contributed by atoms with E-state index in [0.29, 0.717) is 6.54 Å². The zero-order valence-corrected chi connectivity index (χ0v) is 14.7. The molecule has 128 valence electrons. The highest BCUT2D eigenvalue weighted by Crippen LogP contribution is 2.12. The largest absolute Gasteiger partial charge is 0.329 e. The highest BCUT2D eigenvalue weighted by atomic mass is 15.3. The summed E-state index contributed by atoms with van der Waals surface area (Å²) in [6, 6.07) is 0. The average molecular weight is 308 g/mol. The van der Waals surface area contributed by atoms with E-state index in [0.717, 1.165) is 13.1 Å². The van der Waals surface area contributed by atoms with Crippen molar-refractivity contribution < 1.29 is 0 Å². The molecule has 0 aromatic carbocycles. The molecule has 0 radical (unpaired) electrons. The molecule has 0 aromatic heterocycles. The molecule has 0 aromatic rings. The van der Waals surface area contributed by atoms with Gasteiger partial charge in [-0.05, 0) is 18.9 Å². The van der Waals surface area contributed by atoms with Gasteiger partial charge in [-0.1, -0.05) is 70.8 Å². The van der Waals surface area contributed by atoms with E-state index in [9.17, 15) is 0 Å². The van der Waals surface area contributed by atoms with Gasteiger partial charge in [0.2, 0.25) is 0 Å². The van der Waals surface area contributed by atoms with Crippen LogP contribution in [0.2, 0.25) is 0 Å². The molecule has 1 aliphatic rings. The molecule has 3 nitrogen and oxygen atoms in total. The third kappa shape index (κ3) is 9.37. The predicted molar refractivity (Wildman–Crippen MR) is 98.5 cm³/mol. The molecule has 2 N–H and O–H groups in total. The van der Waals surface area contributed by atoms with E-state index in [1.54, 1.807) is 0 Å². The zero-order chi connectivity index (χ0) is 15.9. The van der Waals surface area contributed by atoms with E-state index >= 15 is 0 Å². The first kappa shape index (κ1) is 19.4. The minimum absolute atomic E-state index is 0.242. The Kier molecular flexibility index (Phi) is 12.3. The summed E-state index contributed by atoms with van der Waals surface area (Å²) in [7, 11) is 0. The molecular formula is C19H37N3. The van der Waals surface area contributed by atoms with Crippen LogP contribution < -0.4 is 5.73 Å². The van der Waals surface area contributed by atoms with Crippen molar-refractivity contribution in [1.82, 2.24) is 4.90 Å².